The number of hydrogen-bond donors (Lipinski definition) is 7. The summed E-state index contributed by atoms with van der Waals surface area (Å²) in [5, 5.41) is 23.6. The van der Waals surface area contributed by atoms with E-state index < -0.39 is 53.8 Å². The molecule has 1 aliphatic heterocycles. The molecule has 1 saturated heterocycles. The van der Waals surface area contributed by atoms with Gasteiger partial charge in [0.1, 0.15) is 18.1 Å². The number of amides is 3. The van der Waals surface area contributed by atoms with Crippen LogP contribution in [0, 0.1) is 0 Å². The van der Waals surface area contributed by atoms with Gasteiger partial charge in [-0.25, -0.2) is 4.79 Å². The maximum Gasteiger partial charge on any atom is 0.326 e. The number of carbonyl (C=O) groups is 5. The van der Waals surface area contributed by atoms with Crippen LogP contribution >= 0.6 is 0 Å². The lowest BCUT2D eigenvalue weighted by Gasteiger charge is -2.29. The van der Waals surface area contributed by atoms with Gasteiger partial charge in [0.2, 0.25) is 17.7 Å². The smallest absolute Gasteiger partial charge is 0.326 e. The van der Waals surface area contributed by atoms with E-state index in [-0.39, 0.29) is 44.7 Å². The van der Waals surface area contributed by atoms with E-state index in [1.54, 1.807) is 30.3 Å². The molecule has 10 N–H and O–H groups in total. The number of nitrogens with one attached hydrogen (secondary N) is 2. The van der Waals surface area contributed by atoms with E-state index in [4.69, 9.17) is 22.3 Å². The molecule has 0 aliphatic carbocycles. The summed E-state index contributed by atoms with van der Waals surface area (Å²) >= 11 is 0. The van der Waals surface area contributed by atoms with Crippen molar-refractivity contribution >= 4 is 35.6 Å². The van der Waals surface area contributed by atoms with E-state index >= 15 is 0 Å². The molecule has 1 aliphatic rings. The number of aliphatic imine (C=N–C) groups is 1. The monoisotopic (exact) mass is 547 g/mol. The van der Waals surface area contributed by atoms with Crippen molar-refractivity contribution in [2.45, 2.75) is 69.1 Å². The van der Waals surface area contributed by atoms with Crippen LogP contribution in [0.2, 0.25) is 0 Å². The number of carboxylic acid groups (broad SMARTS) is 2. The predicted molar refractivity (Wildman–Crippen MR) is 141 cm³/mol. The average Bonchev–Trinajstić information content (AvgIpc) is 3.39. The van der Waals surface area contributed by atoms with E-state index in [1.807, 2.05) is 0 Å². The summed E-state index contributed by atoms with van der Waals surface area (Å²) in [5.41, 5.74) is 17.2. The molecule has 1 fully saturated rings. The zero-order chi connectivity index (χ0) is 28.9. The highest BCUT2D eigenvalue weighted by Gasteiger charge is 2.38. The summed E-state index contributed by atoms with van der Waals surface area (Å²) in [4.78, 5) is 67.2. The van der Waals surface area contributed by atoms with Crippen molar-refractivity contribution in [3.05, 3.63) is 35.9 Å². The van der Waals surface area contributed by atoms with Crippen LogP contribution in [0.4, 0.5) is 0 Å². The summed E-state index contributed by atoms with van der Waals surface area (Å²) in [6.07, 6.45) is 0.853. The fraction of sp³-hybridized carbons (Fsp3) is 0.520. The van der Waals surface area contributed by atoms with Gasteiger partial charge in [-0.05, 0) is 37.7 Å². The molecule has 0 saturated carbocycles. The molecule has 4 unspecified atom stereocenters. The molecule has 0 aromatic heterocycles. The molecular weight excluding hydrogens is 510 g/mol. The molecule has 0 radical (unpaired) electrons. The SMILES string of the molecule is NC(N)=NCCCC(NC(=O)C(N)CCC(=O)O)C(=O)NC(Cc1ccccc1)C(=O)N1CCCC1C(=O)O. The molecule has 214 valence electrons. The quantitative estimate of drug-likeness (QED) is 0.0762. The molecule has 14 nitrogen and oxygen atoms in total. The Kier molecular flexibility index (Phi) is 12.1. The molecule has 3 amide bonds. The Bertz CT molecular complexity index is 1050. The summed E-state index contributed by atoms with van der Waals surface area (Å²) in [7, 11) is 0. The van der Waals surface area contributed by atoms with Crippen molar-refractivity contribution in [1.29, 1.82) is 0 Å². The Labute approximate surface area is 226 Å². The molecule has 1 aromatic carbocycles. The maximum atomic E-state index is 13.5. The number of likely N-dealkylation sites (tertiary alicyclic amines) is 1. The number of carbonyl (C=O) groups excluding carboxylic acids is 3. The van der Waals surface area contributed by atoms with Crippen molar-refractivity contribution < 1.29 is 34.2 Å². The highest BCUT2D eigenvalue weighted by Crippen LogP contribution is 2.20. The second-order valence-corrected chi connectivity index (χ2v) is 9.33. The van der Waals surface area contributed by atoms with Crippen LogP contribution in [0.15, 0.2) is 35.3 Å². The first-order valence-electron chi connectivity index (χ1n) is 12.7. The average molecular weight is 548 g/mol. The molecule has 4 atom stereocenters. The summed E-state index contributed by atoms with van der Waals surface area (Å²) in [5.74, 6) is -4.32. The van der Waals surface area contributed by atoms with Crippen LogP contribution in [-0.4, -0.2) is 88.0 Å². The lowest BCUT2D eigenvalue weighted by molar-refractivity contribution is -0.149. The van der Waals surface area contributed by atoms with Crippen molar-refractivity contribution in [3.63, 3.8) is 0 Å². The van der Waals surface area contributed by atoms with E-state index in [2.05, 4.69) is 15.6 Å². The largest absolute Gasteiger partial charge is 0.481 e. The normalized spacial score (nSPS) is 16.9. The first-order valence-corrected chi connectivity index (χ1v) is 12.7. The highest BCUT2D eigenvalue weighted by atomic mass is 16.4. The molecule has 2 rings (SSSR count). The molecule has 14 heteroatoms. The highest BCUT2D eigenvalue weighted by molar-refractivity contribution is 5.94. The molecular formula is C25H37N7O7. The standard InChI is InChI=1S/C25H37N7O7/c26-16(10-11-20(33)34)21(35)30-17(8-4-12-29-25(27)28)22(36)31-18(14-15-6-2-1-3-7-15)23(37)32-13-5-9-19(32)24(38)39/h1-3,6-7,16-19H,4-5,8-14,26H2,(H,30,35)(H,31,36)(H,33,34)(H,38,39)(H4,27,28,29). The van der Waals surface area contributed by atoms with Crippen molar-refractivity contribution in [2.75, 3.05) is 13.1 Å². The van der Waals surface area contributed by atoms with E-state index in [1.165, 1.54) is 4.90 Å². The van der Waals surface area contributed by atoms with Gasteiger partial charge >= 0.3 is 11.9 Å². The van der Waals surface area contributed by atoms with Crippen molar-refractivity contribution in [3.8, 4) is 0 Å². The van der Waals surface area contributed by atoms with E-state index in [0.717, 1.165) is 5.56 Å². The van der Waals surface area contributed by atoms with Crippen LogP contribution < -0.4 is 27.8 Å². The Morgan fingerprint density at radius 2 is 1.67 bits per heavy atom. The zero-order valence-electron chi connectivity index (χ0n) is 21.6. The Morgan fingerprint density at radius 3 is 2.28 bits per heavy atom. The molecule has 0 spiro atoms. The summed E-state index contributed by atoms with van der Waals surface area (Å²) in [6, 6.07) is 4.52. The number of benzene rings is 1. The van der Waals surface area contributed by atoms with Gasteiger partial charge in [0.25, 0.3) is 0 Å². The van der Waals surface area contributed by atoms with Crippen LogP contribution in [0.25, 0.3) is 0 Å². The predicted octanol–water partition coefficient (Wildman–Crippen LogP) is -1.48. The first-order chi connectivity index (χ1) is 18.5. The van der Waals surface area contributed by atoms with Crippen LogP contribution in [0.1, 0.15) is 44.1 Å². The third-order valence-corrected chi connectivity index (χ3v) is 6.30. The molecule has 0 bridgehead atoms. The van der Waals surface area contributed by atoms with Gasteiger partial charge in [-0.3, -0.25) is 24.2 Å². The minimum atomic E-state index is -1.17. The fourth-order valence-corrected chi connectivity index (χ4v) is 4.27. The third kappa shape index (κ3) is 10.2. The van der Waals surface area contributed by atoms with Crippen LogP contribution in [0.3, 0.4) is 0 Å². The first kappa shape index (κ1) is 31.0. The van der Waals surface area contributed by atoms with Gasteiger partial charge in [0.05, 0.1) is 6.04 Å². The van der Waals surface area contributed by atoms with Crippen LogP contribution in [0.5, 0.6) is 0 Å². The number of guanidine groups is 1. The molecule has 39 heavy (non-hydrogen) atoms. The minimum Gasteiger partial charge on any atom is -0.481 e. The number of nitrogens with zero attached hydrogens (tertiary/aromatic N) is 2. The second-order valence-electron chi connectivity index (χ2n) is 9.33. The number of carboxylic acids is 2. The molecule has 1 aromatic rings. The number of nitrogens with two attached hydrogens (primary N) is 3. The minimum absolute atomic E-state index is 0.0910. The van der Waals surface area contributed by atoms with Gasteiger partial charge in [-0.1, -0.05) is 30.3 Å². The van der Waals surface area contributed by atoms with Gasteiger partial charge in [-0.15, -0.1) is 0 Å². The Morgan fingerprint density at radius 1 is 1.00 bits per heavy atom. The number of aliphatic carboxylic acids is 2. The lowest BCUT2D eigenvalue weighted by atomic mass is 10.0. The van der Waals surface area contributed by atoms with Crippen LogP contribution in [-0.2, 0) is 30.4 Å². The van der Waals surface area contributed by atoms with E-state index in [9.17, 15) is 29.1 Å². The van der Waals surface area contributed by atoms with Gasteiger partial charge in [0, 0.05) is 25.9 Å². The summed E-state index contributed by atoms with van der Waals surface area (Å²) < 4.78 is 0. The number of rotatable bonds is 15. The Balaban J connectivity index is 2.24. The third-order valence-electron chi connectivity index (χ3n) is 6.30. The fourth-order valence-electron chi connectivity index (χ4n) is 4.27. The topological polar surface area (TPSA) is 244 Å². The van der Waals surface area contributed by atoms with Crippen molar-refractivity contribution in [2.24, 2.45) is 22.2 Å². The Hall–Kier alpha value is -4.20. The summed E-state index contributed by atoms with van der Waals surface area (Å²) in [6.45, 7) is 0.418. The number of hydrogen-bond acceptors (Lipinski definition) is 7. The maximum absolute atomic E-state index is 13.5. The second kappa shape index (κ2) is 15.3. The van der Waals surface area contributed by atoms with E-state index in [0.29, 0.717) is 19.3 Å². The van der Waals surface area contributed by atoms with Gasteiger partial charge < -0.3 is 42.9 Å². The van der Waals surface area contributed by atoms with Gasteiger partial charge in [-0.2, -0.15) is 0 Å². The van der Waals surface area contributed by atoms with Crippen molar-refractivity contribution in [1.82, 2.24) is 15.5 Å². The molecule has 1 heterocycles. The van der Waals surface area contributed by atoms with Gasteiger partial charge in [0.15, 0.2) is 5.96 Å². The lowest BCUT2D eigenvalue weighted by Crippen LogP contribution is -2.57. The zero-order valence-corrected chi connectivity index (χ0v) is 21.6.